The number of ether oxygens (including phenoxy) is 1. The third-order valence-electron chi connectivity index (χ3n) is 5.45. The molecule has 6 heteroatoms. The van der Waals surface area contributed by atoms with E-state index in [1.54, 1.807) is 12.1 Å². The molecule has 4 rings (SSSR count). The molecule has 0 radical (unpaired) electrons. The Hall–Kier alpha value is -3.57. The average Bonchev–Trinajstić information content (AvgIpc) is 3.12. The number of benzene rings is 3. The van der Waals surface area contributed by atoms with Gasteiger partial charge in [-0.25, -0.2) is 0 Å². The molecule has 5 nitrogen and oxygen atoms in total. The number of carbonyl (C=O) groups excluding carboxylic acids is 1. The molecule has 33 heavy (non-hydrogen) atoms. The van der Waals surface area contributed by atoms with Crippen molar-refractivity contribution in [2.75, 3.05) is 5.32 Å². The van der Waals surface area contributed by atoms with Crippen LogP contribution in [0, 0.1) is 20.8 Å². The highest BCUT2D eigenvalue weighted by Gasteiger charge is 2.11. The third kappa shape index (κ3) is 5.62. The minimum Gasteiger partial charge on any atom is -0.488 e. The molecule has 0 saturated heterocycles. The molecule has 4 aromatic rings. The summed E-state index contributed by atoms with van der Waals surface area (Å²) in [7, 11) is 0. The van der Waals surface area contributed by atoms with Crippen LogP contribution in [0.15, 0.2) is 72.8 Å². The molecule has 0 fully saturated rings. The Labute approximate surface area is 199 Å². The maximum Gasteiger partial charge on any atom is 0.256 e. The molecule has 0 spiro atoms. The van der Waals surface area contributed by atoms with Gasteiger partial charge >= 0.3 is 0 Å². The lowest BCUT2D eigenvalue weighted by molar-refractivity contribution is 0.102. The van der Waals surface area contributed by atoms with Crippen molar-refractivity contribution in [3.05, 3.63) is 111 Å². The van der Waals surface area contributed by atoms with Crippen molar-refractivity contribution < 1.29 is 9.53 Å². The molecule has 0 unspecified atom stereocenters. The fourth-order valence-corrected chi connectivity index (χ4v) is 3.88. The van der Waals surface area contributed by atoms with E-state index in [1.807, 2.05) is 86.1 Å². The number of aromatic nitrogens is 2. The van der Waals surface area contributed by atoms with Crippen molar-refractivity contribution in [3.63, 3.8) is 0 Å². The van der Waals surface area contributed by atoms with Gasteiger partial charge in [0.15, 0.2) is 5.82 Å². The van der Waals surface area contributed by atoms with Crippen molar-refractivity contribution in [3.8, 4) is 5.75 Å². The Kier molecular flexibility index (Phi) is 6.80. The van der Waals surface area contributed by atoms with Crippen molar-refractivity contribution in [2.24, 2.45) is 0 Å². The van der Waals surface area contributed by atoms with Crippen LogP contribution < -0.4 is 10.1 Å². The van der Waals surface area contributed by atoms with E-state index in [1.165, 1.54) is 0 Å². The van der Waals surface area contributed by atoms with Gasteiger partial charge in [0, 0.05) is 22.3 Å². The molecule has 1 heterocycles. The topological polar surface area (TPSA) is 56.1 Å². The second-order valence-corrected chi connectivity index (χ2v) is 8.56. The van der Waals surface area contributed by atoms with Gasteiger partial charge in [-0.05, 0) is 67.3 Å². The molecule has 0 aliphatic carbocycles. The molecule has 1 N–H and O–H groups in total. The SMILES string of the molecule is Cc1cccc(C)c1OCc1ccc(C(=O)Nc2cc(C)n(Cc3cccc(Cl)c3)n2)cc1. The summed E-state index contributed by atoms with van der Waals surface area (Å²) in [5.74, 6) is 1.22. The van der Waals surface area contributed by atoms with Gasteiger partial charge in [0.2, 0.25) is 0 Å². The zero-order chi connectivity index (χ0) is 23.4. The summed E-state index contributed by atoms with van der Waals surface area (Å²) in [6, 6.07) is 23.0. The number of amides is 1. The predicted octanol–water partition coefficient (Wildman–Crippen LogP) is 6.34. The fourth-order valence-electron chi connectivity index (χ4n) is 3.66. The number of hydrogen-bond acceptors (Lipinski definition) is 3. The standard InChI is InChI=1S/C27H26ClN3O2/c1-18-6-4-7-19(2)26(18)33-17-21-10-12-23(13-11-21)27(32)29-25-14-20(3)31(30-25)16-22-8-5-9-24(28)15-22/h4-15H,16-17H2,1-3H3,(H,29,30,32). The number of anilines is 1. The van der Waals surface area contributed by atoms with Crippen LogP contribution in [0.2, 0.25) is 5.02 Å². The number of hydrogen-bond donors (Lipinski definition) is 1. The minimum atomic E-state index is -0.204. The normalized spacial score (nSPS) is 10.8. The lowest BCUT2D eigenvalue weighted by Gasteiger charge is -2.12. The van der Waals surface area contributed by atoms with Gasteiger partial charge in [0.05, 0.1) is 6.54 Å². The monoisotopic (exact) mass is 459 g/mol. The molecule has 168 valence electrons. The second-order valence-electron chi connectivity index (χ2n) is 8.12. The van der Waals surface area contributed by atoms with Crippen molar-refractivity contribution >= 4 is 23.3 Å². The van der Waals surface area contributed by atoms with Crippen LogP contribution >= 0.6 is 11.6 Å². The van der Waals surface area contributed by atoms with E-state index < -0.39 is 0 Å². The smallest absolute Gasteiger partial charge is 0.256 e. The molecule has 1 aromatic heterocycles. The van der Waals surface area contributed by atoms with Crippen molar-refractivity contribution in [2.45, 2.75) is 33.9 Å². The summed E-state index contributed by atoms with van der Waals surface area (Å²) in [6.07, 6.45) is 0. The Morgan fingerprint density at radius 2 is 1.64 bits per heavy atom. The van der Waals surface area contributed by atoms with E-state index in [0.29, 0.717) is 29.6 Å². The molecule has 1 amide bonds. The van der Waals surface area contributed by atoms with Crippen LogP contribution in [0.1, 0.15) is 38.3 Å². The maximum absolute atomic E-state index is 12.7. The van der Waals surface area contributed by atoms with E-state index >= 15 is 0 Å². The first kappa shape index (κ1) is 22.6. The van der Waals surface area contributed by atoms with E-state index in [2.05, 4.69) is 10.4 Å². The molecular weight excluding hydrogens is 434 g/mol. The lowest BCUT2D eigenvalue weighted by Crippen LogP contribution is -2.13. The van der Waals surface area contributed by atoms with Crippen LogP contribution in [0.25, 0.3) is 0 Å². The molecule has 0 saturated carbocycles. The highest BCUT2D eigenvalue weighted by molar-refractivity contribution is 6.30. The summed E-state index contributed by atoms with van der Waals surface area (Å²) in [4.78, 5) is 12.7. The van der Waals surface area contributed by atoms with Crippen LogP contribution in [0.3, 0.4) is 0 Å². The molecule has 0 aliphatic rings. The minimum absolute atomic E-state index is 0.204. The quantitative estimate of drug-likeness (QED) is 0.350. The van der Waals surface area contributed by atoms with Gasteiger partial charge in [-0.1, -0.05) is 54.1 Å². The van der Waals surface area contributed by atoms with Crippen LogP contribution in [0.4, 0.5) is 5.82 Å². The van der Waals surface area contributed by atoms with Gasteiger partial charge in [-0.2, -0.15) is 5.10 Å². The van der Waals surface area contributed by atoms with Crippen LogP contribution in [0.5, 0.6) is 5.75 Å². The Bertz CT molecular complexity index is 1260. The third-order valence-corrected chi connectivity index (χ3v) is 5.69. The maximum atomic E-state index is 12.7. The molecule has 3 aromatic carbocycles. The van der Waals surface area contributed by atoms with Crippen molar-refractivity contribution in [1.82, 2.24) is 9.78 Å². The highest BCUT2D eigenvalue weighted by atomic mass is 35.5. The summed E-state index contributed by atoms with van der Waals surface area (Å²) in [5, 5.41) is 8.09. The number of rotatable bonds is 7. The first-order valence-electron chi connectivity index (χ1n) is 10.8. The summed E-state index contributed by atoms with van der Waals surface area (Å²) < 4.78 is 7.84. The Morgan fingerprint density at radius 1 is 0.939 bits per heavy atom. The molecule has 0 aliphatic heterocycles. The van der Waals surface area contributed by atoms with Gasteiger partial charge in [-0.15, -0.1) is 0 Å². The highest BCUT2D eigenvalue weighted by Crippen LogP contribution is 2.23. The van der Waals surface area contributed by atoms with Crippen LogP contribution in [-0.4, -0.2) is 15.7 Å². The van der Waals surface area contributed by atoms with Gasteiger partial charge in [0.25, 0.3) is 5.91 Å². The number of para-hydroxylation sites is 1. The first-order chi connectivity index (χ1) is 15.9. The van der Waals surface area contributed by atoms with Gasteiger partial charge in [0.1, 0.15) is 12.4 Å². The van der Waals surface area contributed by atoms with Gasteiger partial charge < -0.3 is 10.1 Å². The Morgan fingerprint density at radius 3 is 2.33 bits per heavy atom. The average molecular weight is 460 g/mol. The summed E-state index contributed by atoms with van der Waals surface area (Å²) >= 11 is 6.07. The first-order valence-corrected chi connectivity index (χ1v) is 11.1. The number of carbonyl (C=O) groups is 1. The Balaban J connectivity index is 1.38. The number of halogens is 1. The molecule has 0 atom stereocenters. The summed E-state index contributed by atoms with van der Waals surface area (Å²) in [6.45, 7) is 7.05. The number of nitrogens with one attached hydrogen (secondary N) is 1. The molecular formula is C27H26ClN3O2. The van der Waals surface area contributed by atoms with Crippen molar-refractivity contribution in [1.29, 1.82) is 0 Å². The zero-order valence-corrected chi connectivity index (χ0v) is 19.7. The van der Waals surface area contributed by atoms with Gasteiger partial charge in [-0.3, -0.25) is 9.48 Å². The second kappa shape index (κ2) is 9.92. The van der Waals surface area contributed by atoms with E-state index in [9.17, 15) is 4.79 Å². The lowest BCUT2D eigenvalue weighted by atomic mass is 10.1. The molecule has 0 bridgehead atoms. The van der Waals surface area contributed by atoms with E-state index in [0.717, 1.165) is 33.7 Å². The number of aryl methyl sites for hydroxylation is 3. The van der Waals surface area contributed by atoms with E-state index in [4.69, 9.17) is 16.3 Å². The largest absolute Gasteiger partial charge is 0.488 e. The predicted molar refractivity (Wildman–Crippen MR) is 132 cm³/mol. The van der Waals surface area contributed by atoms with Crippen LogP contribution in [-0.2, 0) is 13.2 Å². The summed E-state index contributed by atoms with van der Waals surface area (Å²) in [5.41, 5.74) is 5.77. The number of nitrogens with zero attached hydrogens (tertiary/aromatic N) is 2. The fraction of sp³-hybridized carbons (Fsp3) is 0.185. The van der Waals surface area contributed by atoms with E-state index in [-0.39, 0.29) is 5.91 Å². The zero-order valence-electron chi connectivity index (χ0n) is 18.9.